The zero-order chi connectivity index (χ0) is 19.8. The minimum absolute atomic E-state index is 0.121. The molecule has 148 valence electrons. The number of fused-ring (bicyclic) bond motifs is 3. The van der Waals surface area contributed by atoms with Crippen molar-refractivity contribution in [2.24, 2.45) is 0 Å². The molecular weight excluding hydrogens is 369 g/mol. The molecule has 1 fully saturated rings. The molecule has 1 aromatic rings. The molecule has 3 heterocycles. The second-order valence-corrected chi connectivity index (χ2v) is 6.98. The highest BCUT2D eigenvalue weighted by atomic mass is 19.1. The standard InChI is InChI=1S/C19H20FN3O5/c1-27-18(25)21-9-17-16-7-12-6-13(11-2-4-22(10-24)5-3-11)14(20)8-15(12)23(16)19(26)28-17/h2,6,8,10,16-17H,3-5,7,9H2,1H3,(H,21,25)/t16-,17-/m0/s1. The number of nitrogens with one attached hydrogen (secondary N) is 1. The maximum absolute atomic E-state index is 14.8. The Labute approximate surface area is 160 Å². The second kappa shape index (κ2) is 7.14. The smallest absolute Gasteiger partial charge is 0.415 e. The summed E-state index contributed by atoms with van der Waals surface area (Å²) in [6.45, 7) is 1.13. The maximum atomic E-state index is 14.8. The van der Waals surface area contributed by atoms with Gasteiger partial charge in [0.05, 0.1) is 25.4 Å². The minimum atomic E-state index is -0.605. The molecule has 3 aliphatic heterocycles. The molecule has 1 saturated heterocycles. The van der Waals surface area contributed by atoms with Gasteiger partial charge in [0.2, 0.25) is 6.41 Å². The first-order valence-corrected chi connectivity index (χ1v) is 9.04. The predicted molar refractivity (Wildman–Crippen MR) is 97.3 cm³/mol. The van der Waals surface area contributed by atoms with E-state index >= 15 is 0 Å². The van der Waals surface area contributed by atoms with Crippen molar-refractivity contribution in [2.45, 2.75) is 25.0 Å². The highest BCUT2D eigenvalue weighted by Gasteiger charge is 2.48. The fraction of sp³-hybridized carbons (Fsp3) is 0.421. The fourth-order valence-corrected chi connectivity index (χ4v) is 3.99. The first kappa shape index (κ1) is 18.3. The van der Waals surface area contributed by atoms with E-state index in [-0.39, 0.29) is 12.6 Å². The molecule has 1 aromatic carbocycles. The van der Waals surface area contributed by atoms with E-state index in [4.69, 9.17) is 4.74 Å². The van der Waals surface area contributed by atoms with Crippen molar-refractivity contribution in [3.63, 3.8) is 0 Å². The van der Waals surface area contributed by atoms with Gasteiger partial charge in [-0.15, -0.1) is 0 Å². The van der Waals surface area contributed by atoms with Gasteiger partial charge < -0.3 is 19.7 Å². The van der Waals surface area contributed by atoms with Crippen molar-refractivity contribution in [1.82, 2.24) is 10.2 Å². The van der Waals surface area contributed by atoms with Crippen molar-refractivity contribution in [3.8, 4) is 0 Å². The van der Waals surface area contributed by atoms with Crippen molar-refractivity contribution >= 4 is 29.9 Å². The predicted octanol–water partition coefficient (Wildman–Crippen LogP) is 1.68. The summed E-state index contributed by atoms with van der Waals surface area (Å²) < 4.78 is 24.7. The fourth-order valence-electron chi connectivity index (χ4n) is 3.99. The molecule has 3 amide bonds. The third kappa shape index (κ3) is 3.06. The number of anilines is 1. The molecule has 1 N–H and O–H groups in total. The van der Waals surface area contributed by atoms with Crippen LogP contribution in [0.4, 0.5) is 19.7 Å². The van der Waals surface area contributed by atoms with Crippen LogP contribution in [-0.4, -0.2) is 62.4 Å². The van der Waals surface area contributed by atoms with Gasteiger partial charge in [0, 0.05) is 18.7 Å². The third-order valence-corrected chi connectivity index (χ3v) is 5.44. The van der Waals surface area contributed by atoms with Crippen LogP contribution in [0.25, 0.3) is 5.57 Å². The normalized spacial score (nSPS) is 22.9. The van der Waals surface area contributed by atoms with E-state index in [0.717, 1.165) is 17.5 Å². The van der Waals surface area contributed by atoms with Crippen LogP contribution in [-0.2, 0) is 20.7 Å². The van der Waals surface area contributed by atoms with E-state index in [1.54, 1.807) is 11.0 Å². The van der Waals surface area contributed by atoms with Gasteiger partial charge in [-0.05, 0) is 36.1 Å². The first-order chi connectivity index (χ1) is 13.5. The molecule has 3 aliphatic rings. The summed E-state index contributed by atoms with van der Waals surface area (Å²) in [7, 11) is 1.26. The Balaban J connectivity index is 1.57. The minimum Gasteiger partial charge on any atom is -0.453 e. The number of cyclic esters (lactones) is 1. The largest absolute Gasteiger partial charge is 0.453 e. The molecule has 8 nitrogen and oxygen atoms in total. The number of carbonyl (C=O) groups is 3. The van der Waals surface area contributed by atoms with Crippen LogP contribution in [0, 0.1) is 5.82 Å². The van der Waals surface area contributed by atoms with Crippen LogP contribution in [0.1, 0.15) is 17.5 Å². The molecule has 0 spiro atoms. The number of hydrogen-bond acceptors (Lipinski definition) is 5. The Morgan fingerprint density at radius 3 is 2.96 bits per heavy atom. The lowest BCUT2D eigenvalue weighted by Crippen LogP contribution is -2.40. The molecule has 0 radical (unpaired) electrons. The lowest BCUT2D eigenvalue weighted by Gasteiger charge is -2.23. The molecule has 9 heteroatoms. The Bertz CT molecular complexity index is 871. The van der Waals surface area contributed by atoms with E-state index in [0.29, 0.717) is 37.2 Å². The molecule has 0 unspecified atom stereocenters. The van der Waals surface area contributed by atoms with E-state index in [2.05, 4.69) is 10.1 Å². The lowest BCUT2D eigenvalue weighted by atomic mass is 9.95. The van der Waals surface area contributed by atoms with E-state index < -0.39 is 24.1 Å². The summed E-state index contributed by atoms with van der Waals surface area (Å²) in [5, 5.41) is 2.54. The molecule has 28 heavy (non-hydrogen) atoms. The Kier molecular flexibility index (Phi) is 4.66. The lowest BCUT2D eigenvalue weighted by molar-refractivity contribution is -0.117. The van der Waals surface area contributed by atoms with Crippen LogP contribution in [0.15, 0.2) is 18.2 Å². The monoisotopic (exact) mass is 389 g/mol. The highest BCUT2D eigenvalue weighted by molar-refractivity contribution is 5.94. The SMILES string of the molecule is COC(=O)NC[C@@H]1OC(=O)N2c3cc(F)c(C4=CCN(C=O)CC4)cc3C[C@@H]12. The Hall–Kier alpha value is -3.10. The zero-order valence-corrected chi connectivity index (χ0v) is 15.3. The maximum Gasteiger partial charge on any atom is 0.415 e. The number of alkyl carbamates (subject to hydrolysis) is 1. The van der Waals surface area contributed by atoms with Gasteiger partial charge in [-0.2, -0.15) is 0 Å². The number of hydrogen-bond donors (Lipinski definition) is 1. The number of benzene rings is 1. The summed E-state index contributed by atoms with van der Waals surface area (Å²) >= 11 is 0. The number of rotatable bonds is 4. The van der Waals surface area contributed by atoms with Gasteiger partial charge in [-0.25, -0.2) is 14.0 Å². The van der Waals surface area contributed by atoms with Gasteiger partial charge in [0.1, 0.15) is 11.9 Å². The second-order valence-electron chi connectivity index (χ2n) is 6.98. The molecule has 0 saturated carbocycles. The number of amides is 3. The Morgan fingerprint density at radius 1 is 1.46 bits per heavy atom. The van der Waals surface area contributed by atoms with Gasteiger partial charge in [0.15, 0.2) is 0 Å². The van der Waals surface area contributed by atoms with Gasteiger partial charge >= 0.3 is 12.2 Å². The summed E-state index contributed by atoms with van der Waals surface area (Å²) in [5.41, 5.74) is 2.72. The number of halogens is 1. The van der Waals surface area contributed by atoms with Gasteiger partial charge in [-0.1, -0.05) is 6.08 Å². The van der Waals surface area contributed by atoms with Crippen molar-refractivity contribution in [2.75, 3.05) is 31.6 Å². The molecule has 4 rings (SSSR count). The molecular formula is C19H20FN3O5. The van der Waals surface area contributed by atoms with Crippen LogP contribution in [0.2, 0.25) is 0 Å². The van der Waals surface area contributed by atoms with Crippen molar-refractivity contribution in [3.05, 3.63) is 35.2 Å². The van der Waals surface area contributed by atoms with Crippen LogP contribution in [0.5, 0.6) is 0 Å². The number of carbonyl (C=O) groups excluding carboxylic acids is 3. The van der Waals surface area contributed by atoms with E-state index in [1.807, 2.05) is 6.08 Å². The molecule has 0 aromatic heterocycles. The van der Waals surface area contributed by atoms with Crippen LogP contribution in [0.3, 0.4) is 0 Å². The quantitative estimate of drug-likeness (QED) is 0.792. The summed E-state index contributed by atoms with van der Waals surface area (Å²) in [4.78, 5) is 37.5. The average molecular weight is 389 g/mol. The average Bonchev–Trinajstić information content (AvgIpc) is 3.22. The van der Waals surface area contributed by atoms with Crippen LogP contribution >= 0.6 is 0 Å². The van der Waals surface area contributed by atoms with Crippen molar-refractivity contribution in [1.29, 1.82) is 0 Å². The third-order valence-electron chi connectivity index (χ3n) is 5.44. The van der Waals surface area contributed by atoms with Crippen LogP contribution < -0.4 is 10.2 Å². The summed E-state index contributed by atoms with van der Waals surface area (Å²) in [6, 6.07) is 2.85. The number of ether oxygens (including phenoxy) is 2. The van der Waals surface area contributed by atoms with Crippen molar-refractivity contribution < 1.29 is 28.2 Å². The summed E-state index contributed by atoms with van der Waals surface area (Å²) in [5.74, 6) is -0.408. The molecule has 0 bridgehead atoms. The molecule has 0 aliphatic carbocycles. The number of nitrogens with zero attached hydrogens (tertiary/aromatic N) is 2. The first-order valence-electron chi connectivity index (χ1n) is 9.04. The van der Waals surface area contributed by atoms with Gasteiger partial charge in [0.25, 0.3) is 0 Å². The van der Waals surface area contributed by atoms with E-state index in [1.165, 1.54) is 18.1 Å². The van der Waals surface area contributed by atoms with E-state index in [9.17, 15) is 18.8 Å². The zero-order valence-electron chi connectivity index (χ0n) is 15.3. The highest BCUT2D eigenvalue weighted by Crippen LogP contribution is 2.41. The van der Waals surface area contributed by atoms with Gasteiger partial charge in [-0.3, -0.25) is 9.69 Å². The molecule has 2 atom stereocenters. The Morgan fingerprint density at radius 2 is 2.29 bits per heavy atom. The number of methoxy groups -OCH3 is 1. The topological polar surface area (TPSA) is 88.2 Å². The summed E-state index contributed by atoms with van der Waals surface area (Å²) in [6.07, 6.45) is 2.04.